The Morgan fingerprint density at radius 2 is 1.88 bits per heavy atom. The molecule has 1 aromatic heterocycles. The molecule has 7 rings (SSSR count). The van der Waals surface area contributed by atoms with Gasteiger partial charge in [-0.2, -0.15) is 0 Å². The number of sulfonamides is 1. The maximum absolute atomic E-state index is 16.9. The van der Waals surface area contributed by atoms with Crippen LogP contribution in [0.25, 0.3) is 10.9 Å². The molecule has 16 heteroatoms. The third-order valence-corrected chi connectivity index (χ3v) is 14.2. The molecule has 57 heavy (non-hydrogen) atoms. The van der Waals surface area contributed by atoms with E-state index in [0.717, 1.165) is 12.8 Å². The number of pyridine rings is 1. The third-order valence-electron chi connectivity index (χ3n) is 12.1. The van der Waals surface area contributed by atoms with E-state index in [1.165, 1.54) is 12.0 Å². The number of rotatable bonds is 6. The van der Waals surface area contributed by atoms with Crippen molar-refractivity contribution in [3.63, 3.8) is 0 Å². The monoisotopic (exact) mass is 811 g/mol. The number of benzene rings is 1. The molecule has 310 valence electrons. The molecule has 3 aliphatic heterocycles. The second kappa shape index (κ2) is 14.7. The summed E-state index contributed by atoms with van der Waals surface area (Å²) in [6.45, 7) is 8.38. The van der Waals surface area contributed by atoms with Crippen LogP contribution in [0, 0.1) is 5.92 Å². The number of ether oxygens (including phenoxy) is 3. The van der Waals surface area contributed by atoms with Crippen LogP contribution in [-0.2, 0) is 35.6 Å². The van der Waals surface area contributed by atoms with Crippen LogP contribution in [-0.4, -0.2) is 89.3 Å². The van der Waals surface area contributed by atoms with Gasteiger partial charge in [-0.3, -0.25) is 19.1 Å². The van der Waals surface area contributed by atoms with Gasteiger partial charge >= 0.3 is 6.09 Å². The van der Waals surface area contributed by atoms with Gasteiger partial charge in [0.15, 0.2) is 0 Å². The van der Waals surface area contributed by atoms with Crippen LogP contribution < -0.4 is 24.8 Å². The number of hydrogen-bond donors (Lipinski definition) is 3. The van der Waals surface area contributed by atoms with Crippen molar-refractivity contribution in [2.75, 3.05) is 13.7 Å². The van der Waals surface area contributed by atoms with Gasteiger partial charge in [0.25, 0.3) is 5.91 Å². The number of nitrogens with one attached hydrogen (secondary N) is 3. The maximum Gasteiger partial charge on any atom is 0.408 e. The fourth-order valence-corrected chi connectivity index (χ4v) is 9.75. The van der Waals surface area contributed by atoms with Gasteiger partial charge < -0.3 is 29.7 Å². The number of carbonyl (C=O) groups excluding carboxylic acids is 4. The number of fused-ring (bicyclic) bond motifs is 5. The minimum atomic E-state index is -4.04. The number of halogens is 1. The fourth-order valence-electron chi connectivity index (χ4n) is 8.44. The molecule has 3 N–H and O–H groups in total. The average molecular weight is 812 g/mol. The van der Waals surface area contributed by atoms with Crippen molar-refractivity contribution >= 4 is 44.7 Å². The highest BCUT2D eigenvalue weighted by molar-refractivity contribution is 7.91. The molecular formula is C41H54FN5O9S. The summed E-state index contributed by atoms with van der Waals surface area (Å²) in [6, 6.07) is 2.86. The lowest BCUT2D eigenvalue weighted by Crippen LogP contribution is -2.58. The van der Waals surface area contributed by atoms with E-state index in [2.05, 4.69) is 15.4 Å². The zero-order chi connectivity index (χ0) is 41.1. The molecule has 1 saturated heterocycles. The van der Waals surface area contributed by atoms with Crippen molar-refractivity contribution < 1.29 is 46.2 Å². The number of carbonyl (C=O) groups is 4. The summed E-state index contributed by atoms with van der Waals surface area (Å²) in [5.74, 6) is -1.86. The normalized spacial score (nSPS) is 29.8. The Kier molecular flexibility index (Phi) is 10.5. The maximum atomic E-state index is 16.9. The van der Waals surface area contributed by atoms with Gasteiger partial charge in [-0.05, 0) is 90.8 Å². The summed E-state index contributed by atoms with van der Waals surface area (Å²) in [5.41, 5.74) is -2.43. The second-order valence-electron chi connectivity index (χ2n) is 17.6. The number of aryl methyl sites for hydroxylation is 1. The molecule has 0 radical (unpaired) electrons. The molecule has 4 heterocycles. The molecular weight excluding hydrogens is 758 g/mol. The SMILES string of the molecule is CCc1nc2ccc(OC)cc2c2c1OC1(CC2F)CC2C(=O)NC3(C(=O)NS(=O)(=O)C4(C)CC4)CC3C=CCCCCCC(NC(=O)OC(C)(C)C)C(=O)N2C1. The molecule has 4 amide bonds. The Bertz CT molecular complexity index is 2120. The van der Waals surface area contributed by atoms with E-state index < -0.39 is 79.5 Å². The predicted molar refractivity (Wildman–Crippen MR) is 209 cm³/mol. The second-order valence-corrected chi connectivity index (χ2v) is 19.8. The lowest BCUT2D eigenvalue weighted by Gasteiger charge is -2.38. The topological polar surface area (TPSA) is 182 Å². The number of nitrogens with zero attached hydrogens (tertiary/aromatic N) is 2. The van der Waals surface area contributed by atoms with E-state index in [-0.39, 0.29) is 38.0 Å². The van der Waals surface area contributed by atoms with E-state index in [1.807, 2.05) is 19.1 Å². The number of allylic oxidation sites excluding steroid dienone is 1. The van der Waals surface area contributed by atoms with E-state index in [1.54, 1.807) is 45.9 Å². The van der Waals surface area contributed by atoms with Crippen molar-refractivity contribution in [3.05, 3.63) is 41.6 Å². The molecule has 6 atom stereocenters. The molecule has 2 aromatic rings. The van der Waals surface area contributed by atoms with Crippen LogP contribution in [0.4, 0.5) is 9.18 Å². The Hall–Kier alpha value is -4.47. The van der Waals surface area contributed by atoms with Crippen LogP contribution in [0.5, 0.6) is 11.5 Å². The van der Waals surface area contributed by atoms with Crippen LogP contribution in [0.1, 0.15) is 116 Å². The van der Waals surface area contributed by atoms with Gasteiger partial charge in [0.2, 0.25) is 21.8 Å². The summed E-state index contributed by atoms with van der Waals surface area (Å²) in [5, 5.41) is 6.14. The third kappa shape index (κ3) is 7.90. The zero-order valence-electron chi connectivity index (χ0n) is 33.5. The largest absolute Gasteiger partial charge is 0.497 e. The van der Waals surface area contributed by atoms with Gasteiger partial charge in [0.05, 0.1) is 29.6 Å². The van der Waals surface area contributed by atoms with Crippen LogP contribution in [0.3, 0.4) is 0 Å². The summed E-state index contributed by atoms with van der Waals surface area (Å²) in [7, 11) is -2.52. The molecule has 2 saturated carbocycles. The van der Waals surface area contributed by atoms with Crippen molar-refractivity contribution in [2.24, 2.45) is 5.92 Å². The van der Waals surface area contributed by atoms with Crippen LogP contribution in [0.2, 0.25) is 0 Å². The summed E-state index contributed by atoms with van der Waals surface area (Å²) in [4.78, 5) is 62.7. The molecule has 5 aliphatic rings. The van der Waals surface area contributed by atoms with E-state index in [0.29, 0.717) is 60.0 Å². The molecule has 14 nitrogen and oxygen atoms in total. The highest BCUT2D eigenvalue weighted by Crippen LogP contribution is 2.52. The summed E-state index contributed by atoms with van der Waals surface area (Å²) < 4.78 is 62.3. The minimum Gasteiger partial charge on any atom is -0.497 e. The molecule has 1 spiro atoms. The Morgan fingerprint density at radius 1 is 1.12 bits per heavy atom. The molecule has 3 fully saturated rings. The number of alkyl halides is 1. The van der Waals surface area contributed by atoms with Gasteiger partial charge in [0.1, 0.15) is 46.5 Å². The van der Waals surface area contributed by atoms with Crippen LogP contribution in [0.15, 0.2) is 30.4 Å². The van der Waals surface area contributed by atoms with Crippen molar-refractivity contribution in [3.8, 4) is 11.5 Å². The van der Waals surface area contributed by atoms with Gasteiger partial charge in [-0.15, -0.1) is 0 Å². The average Bonchev–Trinajstić information content (AvgIpc) is 4.03. The van der Waals surface area contributed by atoms with Crippen molar-refractivity contribution in [2.45, 2.75) is 145 Å². The lowest BCUT2D eigenvalue weighted by molar-refractivity contribution is -0.141. The quantitative estimate of drug-likeness (QED) is 0.327. The van der Waals surface area contributed by atoms with Crippen molar-refractivity contribution in [1.82, 2.24) is 25.2 Å². The molecule has 6 unspecified atom stereocenters. The summed E-state index contributed by atoms with van der Waals surface area (Å²) >= 11 is 0. The van der Waals surface area contributed by atoms with Crippen LogP contribution >= 0.6 is 0 Å². The van der Waals surface area contributed by atoms with Gasteiger partial charge in [0, 0.05) is 29.7 Å². The van der Waals surface area contributed by atoms with E-state index in [4.69, 9.17) is 19.2 Å². The van der Waals surface area contributed by atoms with E-state index >= 15 is 4.39 Å². The fraction of sp³-hybridized carbons (Fsp3) is 0.634. The molecule has 0 bridgehead atoms. The summed E-state index contributed by atoms with van der Waals surface area (Å²) in [6.07, 6.45) is 5.38. The predicted octanol–water partition coefficient (Wildman–Crippen LogP) is 5.23. The van der Waals surface area contributed by atoms with Crippen molar-refractivity contribution in [1.29, 1.82) is 0 Å². The number of hydrogen-bond acceptors (Lipinski definition) is 10. The lowest BCUT2D eigenvalue weighted by atomic mass is 9.85. The zero-order valence-corrected chi connectivity index (χ0v) is 34.4. The Balaban J connectivity index is 1.27. The number of amides is 4. The Morgan fingerprint density at radius 3 is 2.56 bits per heavy atom. The molecule has 2 aliphatic carbocycles. The van der Waals surface area contributed by atoms with Gasteiger partial charge in [-0.1, -0.05) is 31.9 Å². The number of aromatic nitrogens is 1. The Labute approximate surface area is 333 Å². The molecule has 1 aromatic carbocycles. The minimum absolute atomic E-state index is 0.141. The highest BCUT2D eigenvalue weighted by atomic mass is 32.2. The number of methoxy groups -OCH3 is 1. The standard InChI is InChI=1S/C41H54FN5O9S/c1-7-28-33-32(26-19-25(54-6)15-16-29(26)43-28)27(42)21-40(55-33)22-31-34(48)45-41(36(50)46-57(52,53)39(5)17-18-39)20-24(41)13-11-9-8-10-12-14-30(35(49)47(31)23-40)44-37(51)56-38(2,3)4/h11,13,15-16,19,24,27,30-31H,7-10,12,14,17-18,20-23H2,1-6H3,(H,44,51)(H,45,48)(H,46,50). The van der Waals surface area contributed by atoms with Gasteiger partial charge in [-0.25, -0.2) is 22.6 Å². The highest BCUT2D eigenvalue weighted by Gasteiger charge is 2.64. The first-order valence-electron chi connectivity index (χ1n) is 20.0. The van der Waals surface area contributed by atoms with E-state index in [9.17, 15) is 27.6 Å². The first kappa shape index (κ1) is 40.7. The first-order chi connectivity index (χ1) is 26.8. The smallest absolute Gasteiger partial charge is 0.408 e. The first-order valence-corrected chi connectivity index (χ1v) is 21.5. The number of alkyl carbamates (subject to hydrolysis) is 1.